The van der Waals surface area contributed by atoms with Gasteiger partial charge in [0, 0.05) is 15.4 Å². The first kappa shape index (κ1) is 12.0. The molecule has 0 amide bonds. The summed E-state index contributed by atoms with van der Waals surface area (Å²) in [5.74, 6) is -0.593. The van der Waals surface area contributed by atoms with Crippen molar-refractivity contribution in [2.45, 2.75) is 0 Å². The smallest absolute Gasteiger partial charge is 0.294 e. The molecule has 94 valence electrons. The summed E-state index contributed by atoms with van der Waals surface area (Å²) in [6.07, 6.45) is 0. The Bertz CT molecular complexity index is 757. The van der Waals surface area contributed by atoms with Crippen LogP contribution < -0.4 is 0 Å². The van der Waals surface area contributed by atoms with E-state index in [0.29, 0.717) is 16.5 Å². The van der Waals surface area contributed by atoms with Crippen LogP contribution in [-0.4, -0.2) is 10.9 Å². The summed E-state index contributed by atoms with van der Waals surface area (Å²) >= 11 is 3.32. The summed E-state index contributed by atoms with van der Waals surface area (Å²) in [4.78, 5) is 12.4. The van der Waals surface area contributed by atoms with Crippen LogP contribution in [0.1, 0.15) is 15.9 Å². The highest BCUT2D eigenvalue weighted by molar-refractivity contribution is 9.10. The van der Waals surface area contributed by atoms with Crippen LogP contribution in [0, 0.1) is 0 Å². The Balaban J connectivity index is 2.16. The number of halogens is 1. The molecule has 0 aliphatic rings. The minimum atomic E-state index is -0.339. The maximum Gasteiger partial charge on any atom is 0.294 e. The Labute approximate surface area is 117 Å². The molecule has 3 aromatic rings. The molecule has 1 N–H and O–H groups in total. The monoisotopic (exact) mass is 316 g/mol. The van der Waals surface area contributed by atoms with Crippen LogP contribution in [0.4, 0.5) is 0 Å². The first-order valence-corrected chi connectivity index (χ1v) is 6.47. The zero-order chi connectivity index (χ0) is 13.4. The third-order valence-electron chi connectivity index (χ3n) is 2.91. The fraction of sp³-hybridized carbons (Fsp3) is 0. The topological polar surface area (TPSA) is 50.4 Å². The van der Waals surface area contributed by atoms with Crippen molar-refractivity contribution in [1.82, 2.24) is 0 Å². The Morgan fingerprint density at radius 1 is 1.05 bits per heavy atom. The maximum atomic E-state index is 12.4. The second kappa shape index (κ2) is 4.55. The molecule has 0 saturated heterocycles. The van der Waals surface area contributed by atoms with Crippen molar-refractivity contribution in [1.29, 1.82) is 0 Å². The van der Waals surface area contributed by atoms with Gasteiger partial charge in [-0.1, -0.05) is 34.1 Å². The molecule has 3 nitrogen and oxygen atoms in total. The van der Waals surface area contributed by atoms with Crippen molar-refractivity contribution in [3.05, 3.63) is 64.1 Å². The summed E-state index contributed by atoms with van der Waals surface area (Å²) in [7, 11) is 0. The third-order valence-corrected chi connectivity index (χ3v) is 3.44. The molecular formula is C15H9BrO3. The quantitative estimate of drug-likeness (QED) is 0.723. The predicted octanol–water partition coefficient (Wildman–Crippen LogP) is 4.13. The van der Waals surface area contributed by atoms with Crippen molar-refractivity contribution < 1.29 is 14.3 Å². The predicted molar refractivity (Wildman–Crippen MR) is 75.5 cm³/mol. The molecule has 0 spiro atoms. The van der Waals surface area contributed by atoms with Crippen molar-refractivity contribution in [3.8, 4) is 5.95 Å². The summed E-state index contributed by atoms with van der Waals surface area (Å²) in [6, 6.07) is 14.0. The summed E-state index contributed by atoms with van der Waals surface area (Å²) in [6.45, 7) is 0. The largest absolute Gasteiger partial charge is 0.480 e. The van der Waals surface area contributed by atoms with E-state index in [9.17, 15) is 9.90 Å². The van der Waals surface area contributed by atoms with Crippen molar-refractivity contribution in [3.63, 3.8) is 0 Å². The lowest BCUT2D eigenvalue weighted by molar-refractivity contribution is 0.103. The molecule has 3 rings (SSSR count). The Morgan fingerprint density at radius 3 is 2.47 bits per heavy atom. The maximum absolute atomic E-state index is 12.4. The van der Waals surface area contributed by atoms with Gasteiger partial charge in [0.2, 0.25) is 5.78 Å². The van der Waals surface area contributed by atoms with E-state index in [-0.39, 0.29) is 17.3 Å². The highest BCUT2D eigenvalue weighted by Gasteiger charge is 2.21. The number of hydrogen-bond donors (Lipinski definition) is 1. The van der Waals surface area contributed by atoms with Crippen molar-refractivity contribution >= 4 is 32.7 Å². The van der Waals surface area contributed by atoms with Gasteiger partial charge in [-0.3, -0.25) is 4.79 Å². The second-order valence-electron chi connectivity index (χ2n) is 4.11. The van der Waals surface area contributed by atoms with Crippen LogP contribution in [-0.2, 0) is 0 Å². The van der Waals surface area contributed by atoms with Gasteiger partial charge in [0.05, 0.1) is 0 Å². The number of fused-ring (bicyclic) bond motifs is 1. The second-order valence-corrected chi connectivity index (χ2v) is 5.03. The molecule has 0 fully saturated rings. The van der Waals surface area contributed by atoms with E-state index in [1.54, 1.807) is 48.5 Å². The number of carbonyl (C=O) groups excluding carboxylic acids is 1. The standard InChI is InChI=1S/C15H9BrO3/c16-10-7-5-9(6-8-10)14(17)13-11-3-1-2-4-12(11)19-15(13)18/h1-8,18H. The lowest BCUT2D eigenvalue weighted by atomic mass is 10.0. The Hall–Kier alpha value is -2.07. The molecule has 0 bridgehead atoms. The summed E-state index contributed by atoms with van der Waals surface area (Å²) in [5.41, 5.74) is 1.21. The van der Waals surface area contributed by atoms with E-state index in [1.165, 1.54) is 0 Å². The van der Waals surface area contributed by atoms with Crippen LogP contribution >= 0.6 is 15.9 Å². The van der Waals surface area contributed by atoms with E-state index in [0.717, 1.165) is 4.47 Å². The SMILES string of the molecule is O=C(c1ccc(Br)cc1)c1c(O)oc2ccccc12. The van der Waals surface area contributed by atoms with E-state index in [2.05, 4.69) is 15.9 Å². The molecule has 0 aliphatic carbocycles. The van der Waals surface area contributed by atoms with Gasteiger partial charge in [0.25, 0.3) is 5.95 Å². The number of rotatable bonds is 2. The minimum absolute atomic E-state index is 0.206. The molecule has 1 aromatic heterocycles. The zero-order valence-electron chi connectivity index (χ0n) is 9.76. The fourth-order valence-corrected chi connectivity index (χ4v) is 2.26. The molecule has 1 heterocycles. The number of benzene rings is 2. The summed E-state index contributed by atoms with van der Waals surface area (Å²) < 4.78 is 6.08. The van der Waals surface area contributed by atoms with Gasteiger partial charge in [-0.25, -0.2) is 0 Å². The number of carbonyl (C=O) groups is 1. The first-order valence-electron chi connectivity index (χ1n) is 5.67. The molecule has 2 aromatic carbocycles. The molecule has 19 heavy (non-hydrogen) atoms. The molecule has 0 radical (unpaired) electrons. The summed E-state index contributed by atoms with van der Waals surface area (Å²) in [5, 5.41) is 10.4. The lowest BCUT2D eigenvalue weighted by Gasteiger charge is -1.99. The highest BCUT2D eigenvalue weighted by atomic mass is 79.9. The van der Waals surface area contributed by atoms with Crippen LogP contribution in [0.2, 0.25) is 0 Å². The minimum Gasteiger partial charge on any atom is -0.480 e. The van der Waals surface area contributed by atoms with E-state index < -0.39 is 0 Å². The number of ketones is 1. The highest BCUT2D eigenvalue weighted by Crippen LogP contribution is 2.32. The van der Waals surface area contributed by atoms with Crippen molar-refractivity contribution in [2.24, 2.45) is 0 Å². The van der Waals surface area contributed by atoms with Gasteiger partial charge in [-0.2, -0.15) is 0 Å². The van der Waals surface area contributed by atoms with E-state index in [4.69, 9.17) is 4.42 Å². The van der Waals surface area contributed by atoms with Gasteiger partial charge in [-0.05, 0) is 30.3 Å². The van der Waals surface area contributed by atoms with E-state index in [1.807, 2.05) is 0 Å². The Morgan fingerprint density at radius 2 is 1.74 bits per heavy atom. The van der Waals surface area contributed by atoms with Crippen LogP contribution in [0.25, 0.3) is 11.0 Å². The average Bonchev–Trinajstić information content (AvgIpc) is 2.74. The normalized spacial score (nSPS) is 10.8. The number of furan rings is 1. The molecule has 0 unspecified atom stereocenters. The molecule has 4 heteroatoms. The molecule has 0 saturated carbocycles. The fourth-order valence-electron chi connectivity index (χ4n) is 2.00. The zero-order valence-corrected chi connectivity index (χ0v) is 11.3. The lowest BCUT2D eigenvalue weighted by Crippen LogP contribution is -2.00. The van der Waals surface area contributed by atoms with Crippen LogP contribution in [0.3, 0.4) is 0 Å². The van der Waals surface area contributed by atoms with Gasteiger partial charge in [-0.15, -0.1) is 0 Å². The molecule has 0 atom stereocenters. The third kappa shape index (κ3) is 2.04. The van der Waals surface area contributed by atoms with E-state index >= 15 is 0 Å². The Kier molecular flexibility index (Phi) is 2.87. The van der Waals surface area contributed by atoms with Gasteiger partial charge in [0.1, 0.15) is 11.1 Å². The van der Waals surface area contributed by atoms with Gasteiger partial charge >= 0.3 is 0 Å². The average molecular weight is 317 g/mol. The van der Waals surface area contributed by atoms with Crippen LogP contribution in [0.5, 0.6) is 5.95 Å². The number of aromatic hydroxyl groups is 1. The molecular weight excluding hydrogens is 308 g/mol. The van der Waals surface area contributed by atoms with Gasteiger partial charge < -0.3 is 9.52 Å². The first-order chi connectivity index (χ1) is 9.16. The van der Waals surface area contributed by atoms with Crippen LogP contribution in [0.15, 0.2) is 57.4 Å². The molecule has 0 aliphatic heterocycles. The number of para-hydroxylation sites is 1. The number of hydrogen-bond acceptors (Lipinski definition) is 3. The van der Waals surface area contributed by atoms with Crippen molar-refractivity contribution in [2.75, 3.05) is 0 Å². The van der Waals surface area contributed by atoms with Gasteiger partial charge in [0.15, 0.2) is 0 Å².